The number of thiazole rings is 1. The summed E-state index contributed by atoms with van der Waals surface area (Å²) in [6.07, 6.45) is 4.30. The van der Waals surface area contributed by atoms with Crippen LogP contribution in [0.2, 0.25) is 0 Å². The molecule has 1 aromatic heterocycles. The van der Waals surface area contributed by atoms with E-state index >= 15 is 0 Å². The molecule has 0 atom stereocenters. The highest BCUT2D eigenvalue weighted by atomic mass is 35.5. The Kier molecular flexibility index (Phi) is 6.26. The molecule has 0 saturated carbocycles. The zero-order valence-corrected chi connectivity index (χ0v) is 13.5. The number of aryl methyl sites for hydroxylation is 1. The van der Waals surface area contributed by atoms with Crippen LogP contribution < -0.4 is 0 Å². The van der Waals surface area contributed by atoms with Gasteiger partial charge in [0.25, 0.3) is 0 Å². The Hall–Kier alpha value is -0.650. The summed E-state index contributed by atoms with van der Waals surface area (Å²) >= 11 is 7.41. The summed E-state index contributed by atoms with van der Waals surface area (Å²) in [5.41, 5.74) is 0.962. The Balaban J connectivity index is 1.64. The average molecular weight is 316 g/mol. The fraction of sp³-hybridized carbons (Fsp3) is 0.714. The summed E-state index contributed by atoms with van der Waals surface area (Å²) in [5.74, 6) is 0.754. The number of alkyl halides is 1. The molecule has 1 amide bonds. The predicted molar refractivity (Wildman–Crippen MR) is 83.3 cm³/mol. The maximum Gasteiger partial charge on any atom is 0.236 e. The van der Waals surface area contributed by atoms with Crippen LogP contribution >= 0.6 is 22.9 Å². The van der Waals surface area contributed by atoms with Crippen molar-refractivity contribution in [1.82, 2.24) is 14.8 Å². The van der Waals surface area contributed by atoms with Gasteiger partial charge in [-0.25, -0.2) is 4.98 Å². The fourth-order valence-corrected chi connectivity index (χ4v) is 3.47. The molecule has 0 spiro atoms. The lowest BCUT2D eigenvalue weighted by Crippen LogP contribution is -2.37. The maximum atomic E-state index is 12.0. The number of aromatic nitrogens is 1. The van der Waals surface area contributed by atoms with Gasteiger partial charge in [0.05, 0.1) is 23.1 Å². The first kappa shape index (κ1) is 15.7. The number of carbonyl (C=O) groups is 1. The summed E-state index contributed by atoms with van der Waals surface area (Å²) < 4.78 is 0. The van der Waals surface area contributed by atoms with E-state index in [0.29, 0.717) is 12.4 Å². The van der Waals surface area contributed by atoms with Crippen molar-refractivity contribution in [2.45, 2.75) is 31.6 Å². The summed E-state index contributed by atoms with van der Waals surface area (Å²) in [6.45, 7) is 3.33. The number of likely N-dealkylation sites (tertiary alicyclic amines) is 1. The number of halogens is 1. The van der Waals surface area contributed by atoms with Gasteiger partial charge in [-0.15, -0.1) is 22.9 Å². The molecule has 0 aromatic carbocycles. The Labute approximate surface area is 129 Å². The molecule has 1 aliphatic heterocycles. The molecule has 0 radical (unpaired) electrons. The molecule has 0 aliphatic carbocycles. The van der Waals surface area contributed by atoms with Gasteiger partial charge in [0, 0.05) is 24.9 Å². The van der Waals surface area contributed by atoms with Crippen LogP contribution in [0.3, 0.4) is 0 Å². The second-order valence-electron chi connectivity index (χ2n) is 5.30. The van der Waals surface area contributed by atoms with Crippen LogP contribution in [0.25, 0.3) is 0 Å². The number of rotatable bonds is 7. The summed E-state index contributed by atoms with van der Waals surface area (Å²) in [7, 11) is 2.01. The minimum atomic E-state index is 0.267. The third-order valence-electron chi connectivity index (χ3n) is 3.53. The van der Waals surface area contributed by atoms with E-state index in [1.165, 1.54) is 0 Å². The zero-order chi connectivity index (χ0) is 14.4. The molecule has 1 fully saturated rings. The van der Waals surface area contributed by atoms with Gasteiger partial charge in [0.15, 0.2) is 0 Å². The van der Waals surface area contributed by atoms with E-state index in [9.17, 15) is 4.79 Å². The lowest BCUT2D eigenvalue weighted by atomic mass is 10.3. The van der Waals surface area contributed by atoms with E-state index in [1.807, 2.05) is 17.3 Å². The molecule has 4 nitrogen and oxygen atoms in total. The predicted octanol–water partition coefficient (Wildman–Crippen LogP) is 2.37. The van der Waals surface area contributed by atoms with Crippen LogP contribution in [0.15, 0.2) is 5.38 Å². The van der Waals surface area contributed by atoms with Gasteiger partial charge in [0.1, 0.15) is 0 Å². The minimum Gasteiger partial charge on any atom is -0.342 e. The fourth-order valence-electron chi connectivity index (χ4n) is 2.40. The molecule has 0 unspecified atom stereocenters. The standard InChI is InChI=1S/C14H22ClN3OS/c1-17(10-14(19)18-7-2-3-8-18)6-4-5-13-16-12(9-15)11-20-13/h11H,2-10H2,1H3. The maximum absolute atomic E-state index is 12.0. The van der Waals surface area contributed by atoms with Gasteiger partial charge < -0.3 is 4.90 Å². The molecule has 1 aromatic rings. The van der Waals surface area contributed by atoms with E-state index in [-0.39, 0.29) is 5.91 Å². The topological polar surface area (TPSA) is 36.4 Å². The molecule has 112 valence electrons. The monoisotopic (exact) mass is 315 g/mol. The second kappa shape index (κ2) is 7.96. The summed E-state index contributed by atoms with van der Waals surface area (Å²) in [6, 6.07) is 0. The molecule has 20 heavy (non-hydrogen) atoms. The van der Waals surface area contributed by atoms with Crippen molar-refractivity contribution in [3.8, 4) is 0 Å². The lowest BCUT2D eigenvalue weighted by Gasteiger charge is -2.20. The van der Waals surface area contributed by atoms with Gasteiger partial charge >= 0.3 is 0 Å². The normalized spacial score (nSPS) is 15.2. The van der Waals surface area contributed by atoms with Crippen LogP contribution in [0.5, 0.6) is 0 Å². The van der Waals surface area contributed by atoms with Crippen molar-refractivity contribution in [3.63, 3.8) is 0 Å². The van der Waals surface area contributed by atoms with Gasteiger partial charge in [-0.3, -0.25) is 9.69 Å². The Morgan fingerprint density at radius 2 is 2.25 bits per heavy atom. The second-order valence-corrected chi connectivity index (χ2v) is 6.51. The number of likely N-dealkylation sites (N-methyl/N-ethyl adjacent to an activating group) is 1. The molecule has 1 aliphatic rings. The largest absolute Gasteiger partial charge is 0.342 e. The summed E-state index contributed by atoms with van der Waals surface area (Å²) in [5, 5.41) is 3.16. The Bertz CT molecular complexity index is 432. The molecule has 2 heterocycles. The molecular formula is C14H22ClN3OS. The van der Waals surface area contributed by atoms with Crippen LogP contribution in [0.4, 0.5) is 0 Å². The van der Waals surface area contributed by atoms with E-state index in [4.69, 9.17) is 11.6 Å². The van der Waals surface area contributed by atoms with Crippen molar-refractivity contribution in [2.75, 3.05) is 33.2 Å². The van der Waals surface area contributed by atoms with Crippen molar-refractivity contribution >= 4 is 28.8 Å². The Morgan fingerprint density at radius 1 is 1.50 bits per heavy atom. The highest BCUT2D eigenvalue weighted by Gasteiger charge is 2.18. The van der Waals surface area contributed by atoms with Crippen molar-refractivity contribution in [1.29, 1.82) is 0 Å². The average Bonchev–Trinajstić information content (AvgIpc) is 3.10. The van der Waals surface area contributed by atoms with E-state index in [0.717, 1.165) is 56.0 Å². The lowest BCUT2D eigenvalue weighted by molar-refractivity contribution is -0.131. The van der Waals surface area contributed by atoms with Gasteiger partial charge in [-0.2, -0.15) is 0 Å². The van der Waals surface area contributed by atoms with Gasteiger partial charge in [-0.1, -0.05) is 0 Å². The minimum absolute atomic E-state index is 0.267. The van der Waals surface area contributed by atoms with E-state index in [2.05, 4.69) is 9.88 Å². The smallest absolute Gasteiger partial charge is 0.236 e. The van der Waals surface area contributed by atoms with Gasteiger partial charge in [0.2, 0.25) is 5.91 Å². The van der Waals surface area contributed by atoms with Crippen LogP contribution in [-0.4, -0.2) is 53.9 Å². The highest BCUT2D eigenvalue weighted by molar-refractivity contribution is 7.09. The SMILES string of the molecule is CN(CCCc1nc(CCl)cs1)CC(=O)N1CCCC1. The van der Waals surface area contributed by atoms with Crippen molar-refractivity contribution in [3.05, 3.63) is 16.1 Å². The van der Waals surface area contributed by atoms with E-state index < -0.39 is 0 Å². The van der Waals surface area contributed by atoms with E-state index in [1.54, 1.807) is 11.3 Å². The first-order valence-corrected chi connectivity index (χ1v) is 8.56. The molecule has 1 saturated heterocycles. The van der Waals surface area contributed by atoms with Crippen molar-refractivity contribution in [2.24, 2.45) is 0 Å². The molecule has 0 bridgehead atoms. The third kappa shape index (κ3) is 4.72. The zero-order valence-electron chi connectivity index (χ0n) is 12.0. The number of amides is 1. The first-order valence-electron chi connectivity index (χ1n) is 7.14. The number of nitrogens with zero attached hydrogens (tertiary/aromatic N) is 3. The van der Waals surface area contributed by atoms with Crippen molar-refractivity contribution < 1.29 is 4.79 Å². The quantitative estimate of drug-likeness (QED) is 0.725. The number of hydrogen-bond donors (Lipinski definition) is 0. The van der Waals surface area contributed by atoms with Crippen LogP contribution in [-0.2, 0) is 17.1 Å². The number of hydrogen-bond acceptors (Lipinski definition) is 4. The molecule has 0 N–H and O–H groups in total. The number of carbonyl (C=O) groups excluding carboxylic acids is 1. The van der Waals surface area contributed by atoms with Crippen LogP contribution in [0.1, 0.15) is 30.0 Å². The molecular weight excluding hydrogens is 294 g/mol. The van der Waals surface area contributed by atoms with Crippen LogP contribution in [0, 0.1) is 0 Å². The van der Waals surface area contributed by atoms with Gasteiger partial charge in [-0.05, 0) is 32.9 Å². The third-order valence-corrected chi connectivity index (χ3v) is 4.76. The molecule has 6 heteroatoms. The molecule has 2 rings (SSSR count). The summed E-state index contributed by atoms with van der Waals surface area (Å²) in [4.78, 5) is 20.5. The first-order chi connectivity index (χ1) is 9.69. The Morgan fingerprint density at radius 3 is 2.90 bits per heavy atom. The highest BCUT2D eigenvalue weighted by Crippen LogP contribution is 2.13.